The molecule has 0 unspecified atom stereocenters. The number of methoxy groups -OCH3 is 1. The SMILES string of the molecule is COCCCC(=O)O[C@@H]1C[C@H](OCc2ccccc2)C1(C)C. The Bertz CT molecular complexity index is 469. The van der Waals surface area contributed by atoms with Gasteiger partial charge in [-0.2, -0.15) is 0 Å². The van der Waals surface area contributed by atoms with Crippen LogP contribution in [0.1, 0.15) is 38.7 Å². The third-order valence-corrected chi connectivity index (χ3v) is 4.38. The number of hydrogen-bond donors (Lipinski definition) is 0. The quantitative estimate of drug-likeness (QED) is 0.546. The molecule has 0 bridgehead atoms. The second-order valence-corrected chi connectivity index (χ2v) is 6.42. The van der Waals surface area contributed by atoms with Gasteiger partial charge in [-0.15, -0.1) is 0 Å². The van der Waals surface area contributed by atoms with E-state index in [1.165, 1.54) is 5.56 Å². The minimum absolute atomic E-state index is 0.0525. The van der Waals surface area contributed by atoms with Crippen LogP contribution in [0, 0.1) is 5.41 Å². The maximum absolute atomic E-state index is 11.8. The Morgan fingerprint density at radius 3 is 2.59 bits per heavy atom. The molecule has 2 rings (SSSR count). The molecule has 1 aromatic carbocycles. The van der Waals surface area contributed by atoms with Gasteiger partial charge in [0.05, 0.1) is 12.7 Å². The number of carbonyl (C=O) groups is 1. The van der Waals surface area contributed by atoms with Gasteiger partial charge in [0.15, 0.2) is 0 Å². The van der Waals surface area contributed by atoms with Crippen molar-refractivity contribution in [2.45, 2.75) is 51.9 Å². The molecule has 0 N–H and O–H groups in total. The van der Waals surface area contributed by atoms with Crippen molar-refractivity contribution < 1.29 is 19.0 Å². The Morgan fingerprint density at radius 2 is 1.95 bits per heavy atom. The van der Waals surface area contributed by atoms with Gasteiger partial charge < -0.3 is 14.2 Å². The molecule has 1 fully saturated rings. The first kappa shape index (κ1) is 17.0. The fourth-order valence-corrected chi connectivity index (χ4v) is 2.68. The van der Waals surface area contributed by atoms with Gasteiger partial charge in [0.2, 0.25) is 0 Å². The molecule has 4 nitrogen and oxygen atoms in total. The lowest BCUT2D eigenvalue weighted by Gasteiger charge is -2.50. The van der Waals surface area contributed by atoms with Crippen molar-refractivity contribution in [1.82, 2.24) is 0 Å². The van der Waals surface area contributed by atoms with Crippen molar-refractivity contribution in [1.29, 1.82) is 0 Å². The van der Waals surface area contributed by atoms with Gasteiger partial charge in [0, 0.05) is 32.0 Å². The fourth-order valence-electron chi connectivity index (χ4n) is 2.68. The van der Waals surface area contributed by atoms with Crippen LogP contribution < -0.4 is 0 Å². The lowest BCUT2D eigenvalue weighted by Crippen LogP contribution is -2.56. The first-order chi connectivity index (χ1) is 10.5. The number of ether oxygens (including phenoxy) is 3. The van der Waals surface area contributed by atoms with E-state index >= 15 is 0 Å². The molecule has 0 aliphatic heterocycles. The van der Waals surface area contributed by atoms with Crippen molar-refractivity contribution >= 4 is 5.97 Å². The van der Waals surface area contributed by atoms with Crippen LogP contribution in [-0.4, -0.2) is 31.9 Å². The Kier molecular flexibility index (Phi) is 5.98. The van der Waals surface area contributed by atoms with Gasteiger partial charge >= 0.3 is 5.97 Å². The molecule has 22 heavy (non-hydrogen) atoms. The summed E-state index contributed by atoms with van der Waals surface area (Å²) in [4.78, 5) is 11.8. The van der Waals surface area contributed by atoms with Crippen molar-refractivity contribution in [3.8, 4) is 0 Å². The first-order valence-corrected chi connectivity index (χ1v) is 7.88. The molecular weight excluding hydrogens is 280 g/mol. The van der Waals surface area contributed by atoms with E-state index in [0.717, 1.165) is 6.42 Å². The summed E-state index contributed by atoms with van der Waals surface area (Å²) >= 11 is 0. The normalized spacial score (nSPS) is 22.9. The average Bonchev–Trinajstić information content (AvgIpc) is 2.51. The highest BCUT2D eigenvalue weighted by molar-refractivity contribution is 5.69. The molecule has 122 valence electrons. The molecule has 0 aromatic heterocycles. The number of hydrogen-bond acceptors (Lipinski definition) is 4. The third kappa shape index (κ3) is 4.31. The van der Waals surface area contributed by atoms with E-state index in [4.69, 9.17) is 14.2 Å². The van der Waals surface area contributed by atoms with Gasteiger partial charge in [-0.05, 0) is 12.0 Å². The summed E-state index contributed by atoms with van der Waals surface area (Å²) in [6.07, 6.45) is 1.97. The van der Waals surface area contributed by atoms with Gasteiger partial charge in [0.25, 0.3) is 0 Å². The van der Waals surface area contributed by atoms with Crippen molar-refractivity contribution in [3.05, 3.63) is 35.9 Å². The van der Waals surface area contributed by atoms with E-state index in [2.05, 4.69) is 26.0 Å². The Hall–Kier alpha value is -1.39. The van der Waals surface area contributed by atoms with Crippen molar-refractivity contribution in [2.24, 2.45) is 5.41 Å². The number of benzene rings is 1. The van der Waals surface area contributed by atoms with Gasteiger partial charge in [-0.1, -0.05) is 44.2 Å². The van der Waals surface area contributed by atoms with Gasteiger partial charge in [-0.3, -0.25) is 4.79 Å². The topological polar surface area (TPSA) is 44.8 Å². The highest BCUT2D eigenvalue weighted by Gasteiger charge is 2.51. The monoisotopic (exact) mass is 306 g/mol. The smallest absolute Gasteiger partial charge is 0.306 e. The summed E-state index contributed by atoms with van der Waals surface area (Å²) in [5, 5.41) is 0. The van der Waals surface area contributed by atoms with E-state index in [9.17, 15) is 4.79 Å². The van der Waals surface area contributed by atoms with Crippen LogP contribution in [-0.2, 0) is 25.6 Å². The average molecular weight is 306 g/mol. The largest absolute Gasteiger partial charge is 0.462 e. The van der Waals surface area contributed by atoms with Crippen LogP contribution in [0.3, 0.4) is 0 Å². The van der Waals surface area contributed by atoms with E-state index in [0.29, 0.717) is 26.1 Å². The summed E-state index contributed by atoms with van der Waals surface area (Å²) < 4.78 is 16.5. The standard InChI is InChI=1S/C18H26O4/c1-18(2)15(21-13-14-8-5-4-6-9-14)12-16(18)22-17(19)10-7-11-20-3/h4-6,8-9,15-16H,7,10-13H2,1-3H3/t15-,16+/m0/s1. The molecule has 0 heterocycles. The summed E-state index contributed by atoms with van der Waals surface area (Å²) in [6, 6.07) is 10.1. The van der Waals surface area contributed by atoms with E-state index in [-0.39, 0.29) is 23.6 Å². The minimum atomic E-state index is -0.142. The maximum Gasteiger partial charge on any atom is 0.306 e. The molecule has 4 heteroatoms. The fraction of sp³-hybridized carbons (Fsp3) is 0.611. The van der Waals surface area contributed by atoms with Crippen LogP contribution in [0.15, 0.2) is 30.3 Å². The molecule has 0 amide bonds. The predicted octanol–water partition coefficient (Wildman–Crippen LogP) is 3.34. The number of rotatable bonds is 8. The summed E-state index contributed by atoms with van der Waals surface area (Å²) in [6.45, 7) is 5.38. The Labute approximate surface area is 132 Å². The van der Waals surface area contributed by atoms with E-state index in [1.54, 1.807) is 7.11 Å². The zero-order valence-electron chi connectivity index (χ0n) is 13.7. The zero-order valence-corrected chi connectivity index (χ0v) is 13.7. The lowest BCUT2D eigenvalue weighted by atomic mass is 9.66. The highest BCUT2D eigenvalue weighted by atomic mass is 16.6. The molecule has 1 aromatic rings. The van der Waals surface area contributed by atoms with E-state index < -0.39 is 0 Å². The van der Waals surface area contributed by atoms with Crippen LogP contribution >= 0.6 is 0 Å². The van der Waals surface area contributed by atoms with Gasteiger partial charge in [-0.25, -0.2) is 0 Å². The van der Waals surface area contributed by atoms with Gasteiger partial charge in [0.1, 0.15) is 6.10 Å². The third-order valence-electron chi connectivity index (χ3n) is 4.38. The summed E-state index contributed by atoms with van der Waals surface area (Å²) in [5.41, 5.74) is 1.03. The highest BCUT2D eigenvalue weighted by Crippen LogP contribution is 2.45. The second kappa shape index (κ2) is 7.75. The minimum Gasteiger partial charge on any atom is -0.462 e. The number of esters is 1. The van der Waals surface area contributed by atoms with Crippen LogP contribution in [0.25, 0.3) is 0 Å². The predicted molar refractivity (Wildman–Crippen MR) is 84.4 cm³/mol. The van der Waals surface area contributed by atoms with Crippen molar-refractivity contribution in [2.75, 3.05) is 13.7 Å². The Balaban J connectivity index is 1.73. The van der Waals surface area contributed by atoms with Crippen LogP contribution in [0.2, 0.25) is 0 Å². The molecule has 0 radical (unpaired) electrons. The maximum atomic E-state index is 11.8. The molecule has 1 aliphatic carbocycles. The summed E-state index contributed by atoms with van der Waals surface area (Å²) in [5.74, 6) is -0.142. The second-order valence-electron chi connectivity index (χ2n) is 6.42. The summed E-state index contributed by atoms with van der Waals surface area (Å²) in [7, 11) is 1.63. The zero-order chi connectivity index (χ0) is 16.0. The molecule has 1 aliphatic rings. The van der Waals surface area contributed by atoms with E-state index in [1.807, 2.05) is 18.2 Å². The molecule has 0 spiro atoms. The van der Waals surface area contributed by atoms with Crippen LogP contribution in [0.4, 0.5) is 0 Å². The Morgan fingerprint density at radius 1 is 1.23 bits per heavy atom. The number of carbonyl (C=O) groups excluding carboxylic acids is 1. The molecular formula is C18H26O4. The lowest BCUT2D eigenvalue weighted by molar-refractivity contribution is -0.206. The molecule has 2 atom stereocenters. The molecule has 1 saturated carbocycles. The molecule has 0 saturated heterocycles. The van der Waals surface area contributed by atoms with Crippen LogP contribution in [0.5, 0.6) is 0 Å². The first-order valence-electron chi connectivity index (χ1n) is 7.88. The van der Waals surface area contributed by atoms with Crippen molar-refractivity contribution in [3.63, 3.8) is 0 Å².